The highest BCUT2D eigenvalue weighted by atomic mass is 32.1. The van der Waals surface area contributed by atoms with Gasteiger partial charge in [-0.25, -0.2) is 15.5 Å². The number of aliphatic imine (C=N–C) groups is 1. The Kier molecular flexibility index (Phi) is 6.11. The van der Waals surface area contributed by atoms with E-state index < -0.39 is 0 Å². The third-order valence-corrected chi connectivity index (χ3v) is 8.22. The van der Waals surface area contributed by atoms with E-state index in [2.05, 4.69) is 57.9 Å². The average Bonchev–Trinajstić information content (AvgIpc) is 3.25. The van der Waals surface area contributed by atoms with Crippen molar-refractivity contribution >= 4 is 38.9 Å². The fourth-order valence-corrected chi connectivity index (χ4v) is 6.29. The van der Waals surface area contributed by atoms with E-state index in [1.54, 1.807) is 11.3 Å². The fourth-order valence-electron chi connectivity index (χ4n) is 5.15. The van der Waals surface area contributed by atoms with Gasteiger partial charge in [-0.1, -0.05) is 18.2 Å². The molecule has 6 rings (SSSR count). The van der Waals surface area contributed by atoms with E-state index in [1.807, 2.05) is 0 Å². The zero-order valence-corrected chi connectivity index (χ0v) is 20.6. The molecule has 1 aromatic carbocycles. The van der Waals surface area contributed by atoms with Gasteiger partial charge in [0.25, 0.3) is 0 Å². The molecule has 0 aliphatic carbocycles. The molecule has 7 nitrogen and oxygen atoms in total. The fraction of sp³-hybridized carbons (Fsp3) is 0.462. The number of benzene rings is 1. The largest absolute Gasteiger partial charge is 0.377 e. The van der Waals surface area contributed by atoms with Gasteiger partial charge in [-0.2, -0.15) is 0 Å². The van der Waals surface area contributed by atoms with E-state index in [4.69, 9.17) is 14.8 Å². The summed E-state index contributed by atoms with van der Waals surface area (Å²) in [6.45, 7) is 9.53. The van der Waals surface area contributed by atoms with Crippen LogP contribution in [0.1, 0.15) is 35.3 Å². The molecular formula is C26H32N6OS. The van der Waals surface area contributed by atoms with Crippen LogP contribution in [0.2, 0.25) is 0 Å². The van der Waals surface area contributed by atoms with Crippen molar-refractivity contribution in [3.63, 3.8) is 0 Å². The second-order valence-electron chi connectivity index (χ2n) is 9.43. The summed E-state index contributed by atoms with van der Waals surface area (Å²) < 4.78 is 0. The minimum Gasteiger partial charge on any atom is -0.377 e. The van der Waals surface area contributed by atoms with Gasteiger partial charge >= 0.3 is 0 Å². The maximum absolute atomic E-state index is 5.89. The number of nitrogens with zero attached hydrogens (tertiary/aromatic N) is 4. The van der Waals surface area contributed by atoms with Crippen LogP contribution in [0.25, 0.3) is 10.9 Å². The van der Waals surface area contributed by atoms with Crippen molar-refractivity contribution in [2.24, 2.45) is 4.99 Å². The van der Waals surface area contributed by atoms with Crippen LogP contribution in [0.4, 0.5) is 10.8 Å². The first-order chi connectivity index (χ1) is 16.7. The lowest BCUT2D eigenvalue weighted by atomic mass is 10.1. The van der Waals surface area contributed by atoms with Crippen LogP contribution < -0.4 is 20.5 Å². The molecule has 3 aliphatic rings. The highest BCUT2D eigenvalue weighted by Gasteiger charge is 2.25. The van der Waals surface area contributed by atoms with Crippen molar-refractivity contribution in [1.29, 1.82) is 0 Å². The number of piperazine rings is 1. The molecule has 2 N–H and O–H groups in total. The van der Waals surface area contributed by atoms with Crippen LogP contribution in [0.3, 0.4) is 0 Å². The molecule has 178 valence electrons. The molecular weight excluding hydrogens is 444 g/mol. The summed E-state index contributed by atoms with van der Waals surface area (Å²) in [4.78, 5) is 22.0. The van der Waals surface area contributed by atoms with E-state index in [1.165, 1.54) is 27.8 Å². The summed E-state index contributed by atoms with van der Waals surface area (Å²) in [6.07, 6.45) is 4.24. The molecule has 0 spiro atoms. The SMILES string of the molecule is Cc1cc(N2CCN(CCCCC3=Nc4sc5c(c4ON3)CCNC5)CC2)nc2ccccc12. The second kappa shape index (κ2) is 9.52. The topological polar surface area (TPSA) is 65.0 Å². The Hall–Kier alpha value is -2.68. The Morgan fingerprint density at radius 3 is 2.91 bits per heavy atom. The van der Waals surface area contributed by atoms with Gasteiger partial charge in [-0.15, -0.1) is 11.3 Å². The van der Waals surface area contributed by atoms with E-state index >= 15 is 0 Å². The molecule has 3 aliphatic heterocycles. The Morgan fingerprint density at radius 2 is 2.00 bits per heavy atom. The van der Waals surface area contributed by atoms with E-state index in [0.717, 1.165) is 93.0 Å². The number of aryl methyl sites for hydroxylation is 1. The number of para-hydroxylation sites is 1. The summed E-state index contributed by atoms with van der Waals surface area (Å²) in [5.41, 5.74) is 6.83. The molecule has 0 bridgehead atoms. The van der Waals surface area contributed by atoms with Gasteiger partial charge in [0.1, 0.15) is 11.7 Å². The number of hydrogen-bond donors (Lipinski definition) is 2. The lowest BCUT2D eigenvalue weighted by molar-refractivity contribution is 0.246. The number of aromatic nitrogens is 1. The molecule has 0 radical (unpaired) electrons. The van der Waals surface area contributed by atoms with Crippen molar-refractivity contribution in [3.8, 4) is 5.75 Å². The van der Waals surface area contributed by atoms with E-state index in [9.17, 15) is 0 Å². The minimum absolute atomic E-state index is 0.931. The van der Waals surface area contributed by atoms with Gasteiger partial charge in [0.05, 0.1) is 5.52 Å². The lowest BCUT2D eigenvalue weighted by Gasteiger charge is -2.35. The Balaban J connectivity index is 0.974. The van der Waals surface area contributed by atoms with Crippen molar-refractivity contribution in [3.05, 3.63) is 46.3 Å². The molecule has 1 fully saturated rings. The molecule has 0 amide bonds. The summed E-state index contributed by atoms with van der Waals surface area (Å²) in [5.74, 6) is 3.03. The maximum Gasteiger partial charge on any atom is 0.195 e. The number of amidine groups is 1. The molecule has 1 saturated heterocycles. The first-order valence-corrected chi connectivity index (χ1v) is 13.3. The van der Waals surface area contributed by atoms with Crippen molar-refractivity contribution in [2.45, 2.75) is 39.2 Å². The summed E-state index contributed by atoms with van der Waals surface area (Å²) >= 11 is 1.77. The van der Waals surface area contributed by atoms with Gasteiger partial charge in [0.15, 0.2) is 10.8 Å². The van der Waals surface area contributed by atoms with Crippen molar-refractivity contribution in [1.82, 2.24) is 20.7 Å². The Bertz CT molecular complexity index is 1210. The predicted octanol–water partition coefficient (Wildman–Crippen LogP) is 4.17. The van der Waals surface area contributed by atoms with Crippen molar-refractivity contribution < 1.29 is 4.84 Å². The third-order valence-electron chi connectivity index (χ3n) is 7.11. The van der Waals surface area contributed by atoms with Gasteiger partial charge < -0.3 is 15.1 Å². The maximum atomic E-state index is 5.89. The second-order valence-corrected chi connectivity index (χ2v) is 10.5. The number of unbranched alkanes of at least 4 members (excludes halogenated alkanes) is 1. The number of pyridine rings is 1. The van der Waals surface area contributed by atoms with Gasteiger partial charge in [0.2, 0.25) is 0 Å². The molecule has 2 aromatic heterocycles. The van der Waals surface area contributed by atoms with E-state index in [0.29, 0.717) is 0 Å². The zero-order valence-electron chi connectivity index (χ0n) is 19.8. The molecule has 34 heavy (non-hydrogen) atoms. The zero-order chi connectivity index (χ0) is 22.9. The van der Waals surface area contributed by atoms with Crippen LogP contribution >= 0.6 is 11.3 Å². The number of rotatable bonds is 6. The first-order valence-electron chi connectivity index (χ1n) is 12.4. The number of hydroxylamine groups is 1. The molecule has 0 unspecified atom stereocenters. The molecule has 0 saturated carbocycles. The first kappa shape index (κ1) is 21.8. The summed E-state index contributed by atoms with van der Waals surface area (Å²) in [7, 11) is 0. The molecule has 3 aromatic rings. The standard InChI is InChI=1S/C26H32N6OS/c1-18-16-24(28-21-7-3-2-6-19(18)21)32-14-12-31(13-15-32)11-5-4-8-23-29-26-25(33-30-23)20-9-10-27-17-22(20)34-26/h2-3,6-7,16,27H,4-5,8-15,17H2,1H3,(H,29,30). The van der Waals surface area contributed by atoms with Crippen LogP contribution in [-0.2, 0) is 13.0 Å². The van der Waals surface area contributed by atoms with E-state index in [-0.39, 0.29) is 0 Å². The smallest absolute Gasteiger partial charge is 0.195 e. The van der Waals surface area contributed by atoms with Gasteiger partial charge in [-0.3, -0.25) is 4.90 Å². The number of nitrogens with one attached hydrogen (secondary N) is 2. The number of thiophene rings is 1. The summed E-state index contributed by atoms with van der Waals surface area (Å²) in [6, 6.07) is 10.7. The van der Waals surface area contributed by atoms with Gasteiger partial charge in [0, 0.05) is 55.0 Å². The van der Waals surface area contributed by atoms with Gasteiger partial charge in [-0.05, 0) is 57.0 Å². The highest BCUT2D eigenvalue weighted by Crippen LogP contribution is 2.44. The van der Waals surface area contributed by atoms with Crippen LogP contribution in [-0.4, -0.2) is 55.0 Å². The lowest BCUT2D eigenvalue weighted by Crippen LogP contribution is -2.47. The van der Waals surface area contributed by atoms with Crippen molar-refractivity contribution in [2.75, 3.05) is 44.2 Å². The molecule has 5 heterocycles. The molecule has 8 heteroatoms. The monoisotopic (exact) mass is 476 g/mol. The van der Waals surface area contributed by atoms with Crippen LogP contribution in [0.15, 0.2) is 35.3 Å². The number of hydrogen-bond acceptors (Lipinski definition) is 8. The summed E-state index contributed by atoms with van der Waals surface area (Å²) in [5, 5.41) is 5.72. The third kappa shape index (κ3) is 4.37. The van der Waals surface area contributed by atoms with Crippen LogP contribution in [0, 0.1) is 6.92 Å². The normalized spacial score (nSPS) is 18.1. The average molecular weight is 477 g/mol. The minimum atomic E-state index is 0.931. The molecule has 0 atom stereocenters. The number of anilines is 1. The quantitative estimate of drug-likeness (QED) is 0.521. The predicted molar refractivity (Wildman–Crippen MR) is 140 cm³/mol. The Labute approximate surface area is 204 Å². The number of fused-ring (bicyclic) bond motifs is 4. The van der Waals surface area contributed by atoms with Crippen LogP contribution in [0.5, 0.6) is 5.75 Å². The highest BCUT2D eigenvalue weighted by molar-refractivity contribution is 7.16. The Morgan fingerprint density at radius 1 is 1.12 bits per heavy atom.